The largest absolute Gasteiger partial charge is 0.508 e. The van der Waals surface area contributed by atoms with Gasteiger partial charge in [-0.1, -0.05) is 35.9 Å². The molecular formula is C25H31NO3. The van der Waals surface area contributed by atoms with Gasteiger partial charge in [-0.25, -0.2) is 0 Å². The second kappa shape index (κ2) is 10.3. The Labute approximate surface area is 173 Å². The summed E-state index contributed by atoms with van der Waals surface area (Å²) in [4.78, 5) is 11.6. The predicted molar refractivity (Wildman–Crippen MR) is 117 cm³/mol. The van der Waals surface area contributed by atoms with E-state index < -0.39 is 0 Å². The molecule has 1 unspecified atom stereocenters. The lowest BCUT2D eigenvalue weighted by atomic mass is 9.81. The highest BCUT2D eigenvalue weighted by Gasteiger charge is 2.21. The van der Waals surface area contributed by atoms with Crippen LogP contribution in [-0.2, 0) is 4.79 Å². The first kappa shape index (κ1) is 21.1. The van der Waals surface area contributed by atoms with Crippen molar-refractivity contribution < 1.29 is 14.6 Å². The summed E-state index contributed by atoms with van der Waals surface area (Å²) in [6.07, 6.45) is 5.60. The fraction of sp³-hybridized carbons (Fsp3) is 0.400. The van der Waals surface area contributed by atoms with E-state index in [1.165, 1.54) is 11.1 Å². The zero-order valence-electron chi connectivity index (χ0n) is 17.4. The minimum Gasteiger partial charge on any atom is -0.508 e. The fourth-order valence-electron chi connectivity index (χ4n) is 3.90. The van der Waals surface area contributed by atoms with Gasteiger partial charge in [-0.3, -0.25) is 4.79 Å². The molecule has 0 aromatic heterocycles. The SMILES string of the molecule is CNCCOc1ccc(C(/C=C(\C)C2CCC(=O)CC2)c2ccc(O)cc2)cc1. The predicted octanol–water partition coefficient (Wildman–Crippen LogP) is 4.83. The number of likely N-dealkylation sites (N-methyl/N-ethyl adjacent to an activating group) is 1. The molecular weight excluding hydrogens is 362 g/mol. The van der Waals surface area contributed by atoms with Gasteiger partial charge in [0.2, 0.25) is 0 Å². The van der Waals surface area contributed by atoms with Crippen LogP contribution >= 0.6 is 0 Å². The van der Waals surface area contributed by atoms with Crippen molar-refractivity contribution in [1.29, 1.82) is 0 Å². The van der Waals surface area contributed by atoms with Crippen LogP contribution in [-0.4, -0.2) is 31.1 Å². The van der Waals surface area contributed by atoms with Crippen LogP contribution in [0.15, 0.2) is 60.2 Å². The number of hydrogen-bond donors (Lipinski definition) is 2. The number of phenols is 1. The Morgan fingerprint density at radius 1 is 1.10 bits per heavy atom. The van der Waals surface area contributed by atoms with Gasteiger partial charge in [0.1, 0.15) is 23.9 Å². The van der Waals surface area contributed by atoms with Crippen LogP contribution in [0.2, 0.25) is 0 Å². The summed E-state index contributed by atoms with van der Waals surface area (Å²) in [6, 6.07) is 15.7. The molecule has 2 N–H and O–H groups in total. The summed E-state index contributed by atoms with van der Waals surface area (Å²) >= 11 is 0. The molecule has 1 atom stereocenters. The maximum absolute atomic E-state index is 11.6. The third-order valence-corrected chi connectivity index (χ3v) is 5.73. The number of nitrogens with one attached hydrogen (secondary N) is 1. The molecule has 0 heterocycles. The molecule has 1 aliphatic rings. The number of carbonyl (C=O) groups is 1. The van der Waals surface area contributed by atoms with Gasteiger partial charge in [-0.2, -0.15) is 0 Å². The number of carbonyl (C=O) groups excluding carboxylic acids is 1. The van der Waals surface area contributed by atoms with E-state index in [2.05, 4.69) is 30.4 Å². The minimum absolute atomic E-state index is 0.0968. The van der Waals surface area contributed by atoms with Gasteiger partial charge in [-0.15, -0.1) is 0 Å². The Balaban J connectivity index is 1.84. The number of phenolic OH excluding ortho intramolecular Hbond substituents is 1. The first-order chi connectivity index (χ1) is 14.1. The Bertz CT molecular complexity index is 814. The number of benzene rings is 2. The van der Waals surface area contributed by atoms with Crippen LogP contribution in [0.3, 0.4) is 0 Å². The van der Waals surface area contributed by atoms with Gasteiger partial charge in [0.25, 0.3) is 0 Å². The first-order valence-electron chi connectivity index (χ1n) is 10.4. The summed E-state index contributed by atoms with van der Waals surface area (Å²) in [5, 5.41) is 12.8. The van der Waals surface area contributed by atoms with Crippen molar-refractivity contribution in [3.63, 3.8) is 0 Å². The lowest BCUT2D eigenvalue weighted by molar-refractivity contribution is -0.120. The molecule has 0 amide bonds. The van der Waals surface area contributed by atoms with Crippen molar-refractivity contribution in [3.05, 3.63) is 71.3 Å². The van der Waals surface area contributed by atoms with Crippen LogP contribution < -0.4 is 10.1 Å². The average Bonchev–Trinajstić information content (AvgIpc) is 2.74. The number of aromatic hydroxyl groups is 1. The van der Waals surface area contributed by atoms with E-state index in [4.69, 9.17) is 4.74 Å². The van der Waals surface area contributed by atoms with Gasteiger partial charge in [0.15, 0.2) is 0 Å². The molecule has 4 heteroatoms. The quantitative estimate of drug-likeness (QED) is 0.498. The number of hydrogen-bond acceptors (Lipinski definition) is 4. The average molecular weight is 394 g/mol. The van der Waals surface area contributed by atoms with Crippen molar-refractivity contribution in [2.75, 3.05) is 20.2 Å². The van der Waals surface area contributed by atoms with Gasteiger partial charge in [0.05, 0.1) is 0 Å². The number of ether oxygens (including phenoxy) is 1. The maximum Gasteiger partial charge on any atom is 0.132 e. The third kappa shape index (κ3) is 5.94. The number of rotatable bonds is 8. The molecule has 4 nitrogen and oxygen atoms in total. The second-order valence-corrected chi connectivity index (χ2v) is 7.81. The van der Waals surface area contributed by atoms with E-state index in [9.17, 15) is 9.90 Å². The van der Waals surface area contributed by atoms with Gasteiger partial charge < -0.3 is 15.2 Å². The van der Waals surface area contributed by atoms with E-state index in [1.54, 1.807) is 12.1 Å². The van der Waals surface area contributed by atoms with Crippen LogP contribution in [0.5, 0.6) is 11.5 Å². The fourth-order valence-corrected chi connectivity index (χ4v) is 3.90. The van der Waals surface area contributed by atoms with E-state index in [-0.39, 0.29) is 11.7 Å². The van der Waals surface area contributed by atoms with E-state index >= 15 is 0 Å². The Morgan fingerprint density at radius 3 is 2.28 bits per heavy atom. The zero-order valence-corrected chi connectivity index (χ0v) is 17.4. The number of ketones is 1. The van der Waals surface area contributed by atoms with Crippen molar-refractivity contribution in [2.45, 2.75) is 38.5 Å². The van der Waals surface area contributed by atoms with Crippen LogP contribution in [0, 0.1) is 5.92 Å². The van der Waals surface area contributed by atoms with Crippen molar-refractivity contribution in [1.82, 2.24) is 5.32 Å². The highest BCUT2D eigenvalue weighted by Crippen LogP contribution is 2.34. The molecule has 1 aliphatic carbocycles. The molecule has 0 radical (unpaired) electrons. The third-order valence-electron chi connectivity index (χ3n) is 5.73. The molecule has 29 heavy (non-hydrogen) atoms. The minimum atomic E-state index is 0.0968. The first-order valence-corrected chi connectivity index (χ1v) is 10.4. The topological polar surface area (TPSA) is 58.6 Å². The summed E-state index contributed by atoms with van der Waals surface area (Å²) in [5.74, 6) is 2.08. The lowest BCUT2D eigenvalue weighted by Gasteiger charge is -2.24. The second-order valence-electron chi connectivity index (χ2n) is 7.81. The van der Waals surface area contributed by atoms with Crippen molar-refractivity contribution in [3.8, 4) is 11.5 Å². The van der Waals surface area contributed by atoms with Crippen LogP contribution in [0.1, 0.15) is 49.7 Å². The summed E-state index contributed by atoms with van der Waals surface area (Å²) in [5.41, 5.74) is 3.66. The normalized spacial score (nSPS) is 16.6. The molecule has 154 valence electrons. The van der Waals surface area contributed by atoms with E-state index in [0.29, 0.717) is 31.1 Å². The van der Waals surface area contributed by atoms with E-state index in [0.717, 1.165) is 30.7 Å². The highest BCUT2D eigenvalue weighted by atomic mass is 16.5. The summed E-state index contributed by atoms with van der Waals surface area (Å²) < 4.78 is 5.75. The molecule has 0 spiro atoms. The smallest absolute Gasteiger partial charge is 0.132 e. The monoisotopic (exact) mass is 393 g/mol. The molecule has 1 saturated carbocycles. The Hall–Kier alpha value is -2.59. The van der Waals surface area contributed by atoms with Crippen LogP contribution in [0.25, 0.3) is 0 Å². The standard InChI is InChI=1S/C25H31NO3/c1-18(19-3-9-22(27)10-4-19)17-25(20-5-11-23(28)12-6-20)21-7-13-24(14-8-21)29-16-15-26-2/h5-8,11-14,17,19,25-26,28H,3-4,9-10,15-16H2,1-2H3/b18-17+. The number of Topliss-reactive ketones (excluding diaryl/α,β-unsaturated/α-hetero) is 1. The van der Waals surface area contributed by atoms with Crippen LogP contribution in [0.4, 0.5) is 0 Å². The molecule has 2 aromatic carbocycles. The lowest BCUT2D eigenvalue weighted by Crippen LogP contribution is -2.16. The van der Waals surface area contributed by atoms with Crippen molar-refractivity contribution >= 4 is 5.78 Å². The summed E-state index contributed by atoms with van der Waals surface area (Å²) in [6.45, 7) is 3.63. The maximum atomic E-state index is 11.6. The summed E-state index contributed by atoms with van der Waals surface area (Å²) in [7, 11) is 1.91. The molecule has 0 bridgehead atoms. The van der Waals surface area contributed by atoms with Gasteiger partial charge in [0, 0.05) is 25.3 Å². The Kier molecular flexibility index (Phi) is 7.48. The molecule has 0 aliphatic heterocycles. The molecule has 0 saturated heterocycles. The molecule has 3 rings (SSSR count). The number of allylic oxidation sites excluding steroid dienone is 2. The molecule has 1 fully saturated rings. The van der Waals surface area contributed by atoms with E-state index in [1.807, 2.05) is 31.3 Å². The molecule has 2 aromatic rings. The van der Waals surface area contributed by atoms with Gasteiger partial charge >= 0.3 is 0 Å². The zero-order chi connectivity index (χ0) is 20.6. The van der Waals surface area contributed by atoms with Gasteiger partial charge in [-0.05, 0) is 68.1 Å². The Morgan fingerprint density at radius 2 is 1.69 bits per heavy atom. The van der Waals surface area contributed by atoms with Crippen molar-refractivity contribution in [2.24, 2.45) is 5.92 Å². The highest BCUT2D eigenvalue weighted by molar-refractivity contribution is 5.79.